The second-order valence-electron chi connectivity index (χ2n) is 3.85. The lowest BCUT2D eigenvalue weighted by atomic mass is 9.78. The van der Waals surface area contributed by atoms with Crippen molar-refractivity contribution in [3.63, 3.8) is 0 Å². The monoisotopic (exact) mass is 196 g/mol. The summed E-state index contributed by atoms with van der Waals surface area (Å²) in [5, 5.41) is 0. The van der Waals surface area contributed by atoms with E-state index in [0.717, 1.165) is 12.8 Å². The Balaban J connectivity index is 2.50. The highest BCUT2D eigenvalue weighted by Gasteiger charge is 2.21. The Labute approximate surface area is 86.3 Å². The Hall–Kier alpha value is -0.790. The number of hydrogen-bond donors (Lipinski definition) is 0. The van der Waals surface area contributed by atoms with Gasteiger partial charge in [-0.15, -0.1) is 0 Å². The zero-order valence-electron chi connectivity index (χ0n) is 9.21. The van der Waals surface area contributed by atoms with Gasteiger partial charge in [-0.05, 0) is 32.1 Å². The van der Waals surface area contributed by atoms with Crippen molar-refractivity contribution in [1.29, 1.82) is 0 Å². The Bertz CT molecular complexity index is 214. The molecule has 0 unspecified atom stereocenters. The van der Waals surface area contributed by atoms with E-state index in [0.29, 0.717) is 12.5 Å². The van der Waals surface area contributed by atoms with Crippen LogP contribution in [0.4, 0.5) is 0 Å². The molecule has 0 aliphatic heterocycles. The minimum absolute atomic E-state index is 0.164. The molecule has 1 aliphatic rings. The molecule has 0 heterocycles. The first kappa shape index (κ1) is 11.3. The Morgan fingerprint density at radius 2 is 2.14 bits per heavy atom. The van der Waals surface area contributed by atoms with Gasteiger partial charge in [0.05, 0.1) is 6.61 Å². The first-order valence-corrected chi connectivity index (χ1v) is 5.65. The van der Waals surface area contributed by atoms with Crippen LogP contribution in [0.3, 0.4) is 0 Å². The first-order valence-electron chi connectivity index (χ1n) is 5.65. The van der Waals surface area contributed by atoms with Crippen LogP contribution in [0.2, 0.25) is 0 Å². The number of allylic oxidation sites excluding steroid dienone is 1. The number of hydrogen-bond acceptors (Lipinski definition) is 2. The predicted octanol–water partition coefficient (Wildman–Crippen LogP) is 3.08. The molecule has 0 aromatic heterocycles. The average Bonchev–Trinajstić information content (AvgIpc) is 2.01. The molecule has 14 heavy (non-hydrogen) atoms. The van der Waals surface area contributed by atoms with Gasteiger partial charge in [-0.1, -0.05) is 25.3 Å². The van der Waals surface area contributed by atoms with E-state index in [4.69, 9.17) is 4.74 Å². The van der Waals surface area contributed by atoms with Gasteiger partial charge in [-0.3, -0.25) is 0 Å². The number of rotatable bonds is 5. The minimum atomic E-state index is -0.164. The summed E-state index contributed by atoms with van der Waals surface area (Å²) in [7, 11) is 0. The van der Waals surface area contributed by atoms with Crippen molar-refractivity contribution < 1.29 is 9.53 Å². The van der Waals surface area contributed by atoms with Crippen molar-refractivity contribution in [2.45, 2.75) is 46.0 Å². The summed E-state index contributed by atoms with van der Waals surface area (Å²) < 4.78 is 4.92. The van der Waals surface area contributed by atoms with Gasteiger partial charge >= 0.3 is 5.97 Å². The molecule has 1 saturated carbocycles. The van der Waals surface area contributed by atoms with Crippen molar-refractivity contribution in [3.05, 3.63) is 11.6 Å². The van der Waals surface area contributed by atoms with Crippen molar-refractivity contribution in [2.75, 3.05) is 6.61 Å². The maximum absolute atomic E-state index is 11.3. The highest BCUT2D eigenvalue weighted by Crippen LogP contribution is 2.35. The van der Waals surface area contributed by atoms with E-state index in [1.54, 1.807) is 6.08 Å². The molecule has 0 bridgehead atoms. The number of ether oxygens (including phenoxy) is 1. The van der Waals surface area contributed by atoms with Crippen molar-refractivity contribution in [2.24, 2.45) is 5.92 Å². The average molecular weight is 196 g/mol. The summed E-state index contributed by atoms with van der Waals surface area (Å²) in [6.07, 6.45) is 7.70. The summed E-state index contributed by atoms with van der Waals surface area (Å²) >= 11 is 0. The van der Waals surface area contributed by atoms with Gasteiger partial charge in [-0.25, -0.2) is 4.79 Å². The Kier molecular flexibility index (Phi) is 4.71. The molecule has 80 valence electrons. The van der Waals surface area contributed by atoms with Crippen molar-refractivity contribution >= 4 is 5.97 Å². The fourth-order valence-corrected chi connectivity index (χ4v) is 1.80. The topological polar surface area (TPSA) is 26.3 Å². The van der Waals surface area contributed by atoms with E-state index in [-0.39, 0.29) is 5.97 Å². The molecule has 0 N–H and O–H groups in total. The molecule has 0 spiro atoms. The highest BCUT2D eigenvalue weighted by atomic mass is 16.5. The number of carbonyl (C=O) groups is 1. The second-order valence-corrected chi connectivity index (χ2v) is 3.85. The summed E-state index contributed by atoms with van der Waals surface area (Å²) in [5.74, 6) is 0.502. The smallest absolute Gasteiger partial charge is 0.330 e. The van der Waals surface area contributed by atoms with Crippen LogP contribution in [0.25, 0.3) is 0 Å². The third-order valence-corrected chi connectivity index (χ3v) is 2.76. The molecule has 1 rings (SSSR count). The van der Waals surface area contributed by atoms with Crippen molar-refractivity contribution in [1.82, 2.24) is 0 Å². The highest BCUT2D eigenvalue weighted by molar-refractivity contribution is 5.82. The largest absolute Gasteiger partial charge is 0.463 e. The van der Waals surface area contributed by atoms with E-state index in [2.05, 4.69) is 6.92 Å². The van der Waals surface area contributed by atoms with E-state index in [1.807, 2.05) is 6.92 Å². The van der Waals surface area contributed by atoms with E-state index >= 15 is 0 Å². The zero-order valence-corrected chi connectivity index (χ0v) is 9.21. The molecule has 0 saturated heterocycles. The van der Waals surface area contributed by atoms with Crippen LogP contribution in [0, 0.1) is 5.92 Å². The Morgan fingerprint density at radius 1 is 1.43 bits per heavy atom. The van der Waals surface area contributed by atoms with E-state index < -0.39 is 0 Å². The number of carbonyl (C=O) groups excluding carboxylic acids is 1. The van der Waals surface area contributed by atoms with Crippen LogP contribution < -0.4 is 0 Å². The van der Waals surface area contributed by atoms with Gasteiger partial charge in [0.1, 0.15) is 0 Å². The quantitative estimate of drug-likeness (QED) is 0.499. The van der Waals surface area contributed by atoms with Gasteiger partial charge < -0.3 is 4.74 Å². The molecule has 0 aromatic rings. The maximum Gasteiger partial charge on any atom is 0.330 e. The lowest BCUT2D eigenvalue weighted by Crippen LogP contribution is -2.15. The van der Waals surface area contributed by atoms with Crippen LogP contribution in [0.15, 0.2) is 11.6 Å². The molecular weight excluding hydrogens is 176 g/mol. The zero-order chi connectivity index (χ0) is 10.4. The predicted molar refractivity (Wildman–Crippen MR) is 57.0 cm³/mol. The normalized spacial score (nSPS) is 17.7. The standard InChI is InChI=1S/C12H20O2/c1-3-6-11(10-7-5-8-10)9-12(13)14-4-2/h9-10H,3-8H2,1-2H3/b11-9-. The molecule has 0 aromatic carbocycles. The molecule has 0 atom stereocenters. The first-order chi connectivity index (χ1) is 6.77. The van der Waals surface area contributed by atoms with Gasteiger partial charge in [0.2, 0.25) is 0 Å². The van der Waals surface area contributed by atoms with Crippen LogP contribution >= 0.6 is 0 Å². The summed E-state index contributed by atoms with van der Waals surface area (Å²) in [6, 6.07) is 0. The van der Waals surface area contributed by atoms with E-state index in [9.17, 15) is 4.79 Å². The fraction of sp³-hybridized carbons (Fsp3) is 0.750. The van der Waals surface area contributed by atoms with Gasteiger partial charge in [0.15, 0.2) is 0 Å². The van der Waals surface area contributed by atoms with E-state index in [1.165, 1.54) is 24.8 Å². The van der Waals surface area contributed by atoms with Gasteiger partial charge in [0, 0.05) is 6.08 Å². The Morgan fingerprint density at radius 3 is 2.57 bits per heavy atom. The fourth-order valence-electron chi connectivity index (χ4n) is 1.80. The number of esters is 1. The third kappa shape index (κ3) is 3.17. The summed E-state index contributed by atoms with van der Waals surface area (Å²) in [4.78, 5) is 11.3. The molecular formula is C12H20O2. The van der Waals surface area contributed by atoms with Crippen molar-refractivity contribution in [3.8, 4) is 0 Å². The molecule has 1 fully saturated rings. The third-order valence-electron chi connectivity index (χ3n) is 2.76. The minimum Gasteiger partial charge on any atom is -0.463 e. The summed E-state index contributed by atoms with van der Waals surface area (Å²) in [6.45, 7) is 4.46. The second kappa shape index (κ2) is 5.84. The lowest BCUT2D eigenvalue weighted by molar-refractivity contribution is -0.137. The van der Waals surface area contributed by atoms with Crippen LogP contribution in [-0.2, 0) is 9.53 Å². The molecule has 0 amide bonds. The van der Waals surface area contributed by atoms with Gasteiger partial charge in [0.25, 0.3) is 0 Å². The molecule has 2 nitrogen and oxygen atoms in total. The summed E-state index contributed by atoms with van der Waals surface area (Å²) in [5.41, 5.74) is 1.30. The molecule has 2 heteroatoms. The van der Waals surface area contributed by atoms with Crippen LogP contribution in [0.1, 0.15) is 46.0 Å². The molecule has 0 radical (unpaired) electrons. The lowest BCUT2D eigenvalue weighted by Gasteiger charge is -2.28. The van der Waals surface area contributed by atoms with Crippen LogP contribution in [-0.4, -0.2) is 12.6 Å². The maximum atomic E-state index is 11.3. The molecule has 1 aliphatic carbocycles. The van der Waals surface area contributed by atoms with Gasteiger partial charge in [-0.2, -0.15) is 0 Å². The van der Waals surface area contributed by atoms with Crippen LogP contribution in [0.5, 0.6) is 0 Å². The SMILES string of the molecule is CCC/C(=C/C(=O)OCC)C1CCC1.